The zero-order chi connectivity index (χ0) is 50.0. The number of esters is 3. The summed E-state index contributed by atoms with van der Waals surface area (Å²) in [4.78, 5) is 38.1. The van der Waals surface area contributed by atoms with E-state index in [1.54, 1.807) is 0 Å². The van der Waals surface area contributed by atoms with Gasteiger partial charge in [0, 0.05) is 19.3 Å². The number of allylic oxidation sites excluding steroid dienone is 26. The van der Waals surface area contributed by atoms with Crippen LogP contribution < -0.4 is 0 Å². The van der Waals surface area contributed by atoms with Crippen LogP contribution in [0.4, 0.5) is 0 Å². The van der Waals surface area contributed by atoms with Gasteiger partial charge in [0.2, 0.25) is 0 Å². The zero-order valence-electron chi connectivity index (χ0n) is 43.8. The number of rotatable bonds is 46. The largest absolute Gasteiger partial charge is 0.462 e. The van der Waals surface area contributed by atoms with Crippen molar-refractivity contribution in [2.75, 3.05) is 13.2 Å². The SMILES string of the molecule is CC\C=C/C=C\C=C/C=C\C=C\C=C/C=C\CCCCCC(=O)OCC(COC(=O)CCCCC/C=C\CCCCCCCC)OC(=O)CCCCC/C=C\C/C=C\C/C=C\C/C=C\C/C=C\CC. The molecule has 0 spiro atoms. The maximum Gasteiger partial charge on any atom is 0.306 e. The van der Waals surface area contributed by atoms with Crippen molar-refractivity contribution in [3.05, 3.63) is 158 Å². The van der Waals surface area contributed by atoms with Crippen LogP contribution in [0.5, 0.6) is 0 Å². The molecule has 0 N–H and O–H groups in total. The minimum absolute atomic E-state index is 0.122. The van der Waals surface area contributed by atoms with Crippen LogP contribution in [0.2, 0.25) is 0 Å². The van der Waals surface area contributed by atoms with Gasteiger partial charge in [-0.1, -0.05) is 230 Å². The molecule has 1 atom stereocenters. The minimum Gasteiger partial charge on any atom is -0.462 e. The summed E-state index contributed by atoms with van der Waals surface area (Å²) in [6.07, 6.45) is 80.8. The van der Waals surface area contributed by atoms with E-state index < -0.39 is 6.10 Å². The van der Waals surface area contributed by atoms with Gasteiger partial charge >= 0.3 is 17.9 Å². The average molecular weight is 949 g/mol. The number of ether oxygens (including phenoxy) is 3. The fourth-order valence-electron chi connectivity index (χ4n) is 6.68. The average Bonchev–Trinajstić information content (AvgIpc) is 3.35. The van der Waals surface area contributed by atoms with Crippen molar-refractivity contribution in [2.24, 2.45) is 0 Å². The molecule has 0 heterocycles. The van der Waals surface area contributed by atoms with Crippen molar-refractivity contribution in [2.45, 2.75) is 207 Å². The Balaban J connectivity index is 4.61. The summed E-state index contributed by atoms with van der Waals surface area (Å²) in [7, 11) is 0. The Hall–Kier alpha value is -4.97. The van der Waals surface area contributed by atoms with Gasteiger partial charge in [-0.05, 0) is 109 Å². The first kappa shape index (κ1) is 64.0. The van der Waals surface area contributed by atoms with Gasteiger partial charge in [-0.2, -0.15) is 0 Å². The van der Waals surface area contributed by atoms with Gasteiger partial charge in [0.25, 0.3) is 0 Å². The summed E-state index contributed by atoms with van der Waals surface area (Å²) in [6.45, 7) is 6.26. The highest BCUT2D eigenvalue weighted by molar-refractivity contribution is 5.71. The summed E-state index contributed by atoms with van der Waals surface area (Å²) < 4.78 is 16.7. The molecule has 6 nitrogen and oxygen atoms in total. The van der Waals surface area contributed by atoms with E-state index in [0.29, 0.717) is 19.3 Å². The summed E-state index contributed by atoms with van der Waals surface area (Å²) in [5, 5.41) is 0. The molecule has 0 fully saturated rings. The Labute approximate surface area is 422 Å². The first-order valence-corrected chi connectivity index (χ1v) is 27.1. The second-order valence-electron chi connectivity index (χ2n) is 17.2. The van der Waals surface area contributed by atoms with Crippen molar-refractivity contribution in [1.82, 2.24) is 0 Å². The maximum atomic E-state index is 12.8. The van der Waals surface area contributed by atoms with E-state index in [1.165, 1.54) is 38.5 Å². The Morgan fingerprint density at radius 3 is 1.07 bits per heavy atom. The van der Waals surface area contributed by atoms with Crippen LogP contribution in [-0.4, -0.2) is 37.2 Å². The standard InChI is InChI=1S/C63H96O6/c1-4-7-10-13-16-19-22-25-27-29-31-33-35-38-41-44-47-50-53-56-62(65)68-59-60(58-67-61(64)55-52-49-46-43-40-37-24-21-18-15-12-9-6-3)69-63(66)57-54-51-48-45-42-39-36-34-32-30-28-26-23-20-17-14-11-8-5-2/h7-8,10-11,13,16-17,19-20,22,25-29,31-35,37-42,60H,4-6,9,12,14-15,18,21,23-24,30,36,43-59H2,1-3H3/b10-7-,11-8-,16-13-,20-17-,22-19-,27-25-,28-26-,31-29+,34-32-,35-33-,40-37-,41-38-,42-39-. The third-order valence-electron chi connectivity index (χ3n) is 10.7. The van der Waals surface area contributed by atoms with Crippen molar-refractivity contribution in [3.63, 3.8) is 0 Å². The highest BCUT2D eigenvalue weighted by Gasteiger charge is 2.19. The van der Waals surface area contributed by atoms with E-state index in [-0.39, 0.29) is 44.0 Å². The van der Waals surface area contributed by atoms with Gasteiger partial charge in [-0.15, -0.1) is 0 Å². The lowest BCUT2D eigenvalue weighted by molar-refractivity contribution is -0.167. The van der Waals surface area contributed by atoms with Crippen LogP contribution >= 0.6 is 0 Å². The maximum absolute atomic E-state index is 12.8. The van der Waals surface area contributed by atoms with Gasteiger partial charge in [0.1, 0.15) is 13.2 Å². The minimum atomic E-state index is -0.829. The molecule has 0 aromatic heterocycles. The molecule has 0 aliphatic heterocycles. The molecule has 69 heavy (non-hydrogen) atoms. The Morgan fingerprint density at radius 2 is 0.638 bits per heavy atom. The monoisotopic (exact) mass is 949 g/mol. The van der Waals surface area contributed by atoms with Crippen molar-refractivity contribution in [3.8, 4) is 0 Å². The van der Waals surface area contributed by atoms with Gasteiger partial charge in [0.05, 0.1) is 0 Å². The van der Waals surface area contributed by atoms with Crippen molar-refractivity contribution >= 4 is 17.9 Å². The fraction of sp³-hybridized carbons (Fsp3) is 0.540. The molecule has 384 valence electrons. The van der Waals surface area contributed by atoms with E-state index in [4.69, 9.17) is 14.2 Å². The molecule has 0 aliphatic carbocycles. The number of carbonyl (C=O) groups is 3. The zero-order valence-corrected chi connectivity index (χ0v) is 43.8. The lowest BCUT2D eigenvalue weighted by Gasteiger charge is -2.18. The number of carbonyl (C=O) groups excluding carboxylic acids is 3. The van der Waals surface area contributed by atoms with E-state index in [1.807, 2.05) is 72.9 Å². The lowest BCUT2D eigenvalue weighted by Crippen LogP contribution is -2.30. The van der Waals surface area contributed by atoms with Crippen LogP contribution in [-0.2, 0) is 28.6 Å². The summed E-state index contributed by atoms with van der Waals surface area (Å²) in [5.41, 5.74) is 0. The molecule has 0 aromatic carbocycles. The van der Waals surface area contributed by atoms with Gasteiger partial charge in [0.15, 0.2) is 6.10 Å². The summed E-state index contributed by atoms with van der Waals surface area (Å²) in [6, 6.07) is 0. The molecule has 0 saturated heterocycles. The normalized spacial score (nSPS) is 13.4. The van der Waals surface area contributed by atoms with Gasteiger partial charge in [-0.3, -0.25) is 14.4 Å². The first-order chi connectivity index (χ1) is 34.0. The predicted molar refractivity (Wildman–Crippen MR) is 297 cm³/mol. The molecule has 0 rings (SSSR count). The molecular formula is C63H96O6. The third kappa shape index (κ3) is 53.8. The molecule has 1 unspecified atom stereocenters. The van der Waals surface area contributed by atoms with E-state index in [0.717, 1.165) is 109 Å². The van der Waals surface area contributed by atoms with Crippen LogP contribution in [0, 0.1) is 0 Å². The topological polar surface area (TPSA) is 78.9 Å². The second-order valence-corrected chi connectivity index (χ2v) is 17.2. The Bertz CT molecular complexity index is 1610. The lowest BCUT2D eigenvalue weighted by atomic mass is 10.1. The number of hydrogen-bond donors (Lipinski definition) is 0. The molecule has 0 radical (unpaired) electrons. The van der Waals surface area contributed by atoms with E-state index in [2.05, 4.69) is 106 Å². The predicted octanol–water partition coefficient (Wildman–Crippen LogP) is 18.2. The van der Waals surface area contributed by atoms with E-state index in [9.17, 15) is 14.4 Å². The van der Waals surface area contributed by atoms with Crippen LogP contribution in [0.3, 0.4) is 0 Å². The highest BCUT2D eigenvalue weighted by Crippen LogP contribution is 2.12. The van der Waals surface area contributed by atoms with E-state index >= 15 is 0 Å². The molecule has 6 heteroatoms. The third-order valence-corrected chi connectivity index (χ3v) is 10.7. The summed E-state index contributed by atoms with van der Waals surface area (Å²) in [5.74, 6) is -1.03. The summed E-state index contributed by atoms with van der Waals surface area (Å²) >= 11 is 0. The quantitative estimate of drug-likeness (QED) is 0.0199. The molecule has 0 aromatic rings. The molecule has 0 amide bonds. The van der Waals surface area contributed by atoms with Crippen molar-refractivity contribution < 1.29 is 28.6 Å². The van der Waals surface area contributed by atoms with Crippen molar-refractivity contribution in [1.29, 1.82) is 0 Å². The second kappa shape index (κ2) is 55.6. The van der Waals surface area contributed by atoms with Crippen LogP contribution in [0.1, 0.15) is 201 Å². The Morgan fingerprint density at radius 1 is 0.319 bits per heavy atom. The molecule has 0 aliphatic rings. The highest BCUT2D eigenvalue weighted by atomic mass is 16.6. The van der Waals surface area contributed by atoms with Crippen LogP contribution in [0.15, 0.2) is 158 Å². The molecular weight excluding hydrogens is 853 g/mol. The number of hydrogen-bond acceptors (Lipinski definition) is 6. The molecule has 0 bridgehead atoms. The van der Waals surface area contributed by atoms with Gasteiger partial charge < -0.3 is 14.2 Å². The van der Waals surface area contributed by atoms with Gasteiger partial charge in [-0.25, -0.2) is 0 Å². The first-order valence-electron chi connectivity index (χ1n) is 27.1. The smallest absolute Gasteiger partial charge is 0.306 e. The fourth-order valence-corrected chi connectivity index (χ4v) is 6.68. The molecule has 0 saturated carbocycles. The number of unbranched alkanes of at least 4 members (excludes halogenated alkanes) is 15. The Kier molecular flexibility index (Phi) is 51.6. The van der Waals surface area contributed by atoms with Crippen LogP contribution in [0.25, 0.3) is 0 Å².